The first-order valence-electron chi connectivity index (χ1n) is 17.0. The second kappa shape index (κ2) is 37.3. The zero-order valence-corrected chi connectivity index (χ0v) is 28.7. The molecule has 1 saturated heterocycles. The van der Waals surface area contributed by atoms with Gasteiger partial charge in [-0.25, -0.2) is 0 Å². The normalized spacial score (nSPS) is 15.3. The van der Waals surface area contributed by atoms with Gasteiger partial charge >= 0.3 is 0 Å². The summed E-state index contributed by atoms with van der Waals surface area (Å²) in [6.45, 7) is 17.6. The van der Waals surface area contributed by atoms with Crippen LogP contribution < -0.4 is 0 Å². The summed E-state index contributed by atoms with van der Waals surface area (Å²) in [5.41, 5.74) is 0. The minimum atomic E-state index is -0.0654. The largest absolute Gasteiger partial charge is 0.377 e. The van der Waals surface area contributed by atoms with E-state index in [1.807, 2.05) is 13.8 Å². The molecule has 0 amide bonds. The summed E-state index contributed by atoms with van der Waals surface area (Å²) < 4.78 is 76.7. The molecule has 0 aromatic rings. The molecule has 0 radical (unpaired) electrons. The Kier molecular flexibility index (Phi) is 35.2. The highest BCUT2D eigenvalue weighted by molar-refractivity contribution is 4.53. The van der Waals surface area contributed by atoms with Crippen LogP contribution in [0.2, 0.25) is 0 Å². The monoisotopic (exact) mass is 672 g/mol. The lowest BCUT2D eigenvalue weighted by Gasteiger charge is -2.22. The van der Waals surface area contributed by atoms with Crippen molar-refractivity contribution in [2.24, 2.45) is 0 Å². The molecular weight excluding hydrogens is 608 g/mol. The van der Waals surface area contributed by atoms with Gasteiger partial charge in [-0.1, -0.05) is 0 Å². The first kappa shape index (κ1) is 43.5. The smallest absolute Gasteiger partial charge is 0.157 e. The molecule has 14 nitrogen and oxygen atoms in total. The number of hydrogen-bond acceptors (Lipinski definition) is 14. The van der Waals surface area contributed by atoms with Crippen molar-refractivity contribution in [1.29, 1.82) is 0 Å². The van der Waals surface area contributed by atoms with Gasteiger partial charge in [-0.2, -0.15) is 0 Å². The number of hydrogen-bond donors (Lipinski definition) is 0. The molecule has 276 valence electrons. The molecule has 1 aliphatic heterocycles. The van der Waals surface area contributed by atoms with Crippen LogP contribution in [-0.2, 0) is 66.3 Å². The molecule has 1 atom stereocenters. The van der Waals surface area contributed by atoms with Gasteiger partial charge in [0.1, 0.15) is 0 Å². The van der Waals surface area contributed by atoms with Crippen LogP contribution in [0.5, 0.6) is 0 Å². The van der Waals surface area contributed by atoms with E-state index in [9.17, 15) is 0 Å². The highest BCUT2D eigenvalue weighted by Gasteiger charge is 2.13. The summed E-state index contributed by atoms with van der Waals surface area (Å²) in [5.74, 6) is 0. The van der Waals surface area contributed by atoms with E-state index in [-0.39, 0.29) is 12.4 Å². The molecule has 1 unspecified atom stereocenters. The highest BCUT2D eigenvalue weighted by Crippen LogP contribution is 2.13. The fourth-order valence-electron chi connectivity index (χ4n) is 3.73. The molecule has 0 spiro atoms. The summed E-state index contributed by atoms with van der Waals surface area (Å²) in [6.07, 6.45) is 3.42. The maximum absolute atomic E-state index is 5.61. The van der Waals surface area contributed by atoms with Crippen molar-refractivity contribution in [2.45, 2.75) is 45.5 Å². The van der Waals surface area contributed by atoms with E-state index >= 15 is 0 Å². The van der Waals surface area contributed by atoms with Crippen LogP contribution in [0.4, 0.5) is 0 Å². The summed E-state index contributed by atoms with van der Waals surface area (Å²) in [7, 11) is 0. The standard InChI is InChI=1S/C32H64O14/c1-31(2)44-29-27-42-25-23-40-21-19-38-17-15-36-13-11-34-9-7-33-8-10-35-12-14-37-16-18-39-20-22-41-24-26-43-28-30-46-32-5-3-4-6-45-32/h31-32H,3-30H2,1-2H3. The van der Waals surface area contributed by atoms with E-state index in [1.165, 1.54) is 6.42 Å². The van der Waals surface area contributed by atoms with Crippen molar-refractivity contribution in [3.05, 3.63) is 0 Å². The molecular formula is C32H64O14. The van der Waals surface area contributed by atoms with Gasteiger partial charge in [-0.15, -0.1) is 0 Å². The van der Waals surface area contributed by atoms with Gasteiger partial charge in [0.2, 0.25) is 0 Å². The zero-order valence-electron chi connectivity index (χ0n) is 28.7. The molecule has 0 saturated carbocycles. The summed E-state index contributed by atoms with van der Waals surface area (Å²) in [4.78, 5) is 0. The van der Waals surface area contributed by atoms with Gasteiger partial charge in [0.15, 0.2) is 6.29 Å². The summed E-state index contributed by atoms with van der Waals surface area (Å²) in [6, 6.07) is 0. The molecule has 0 aromatic carbocycles. The Morgan fingerprint density at radius 3 is 0.935 bits per heavy atom. The Bertz CT molecular complexity index is 569. The van der Waals surface area contributed by atoms with Gasteiger partial charge < -0.3 is 66.3 Å². The molecule has 1 heterocycles. The Hall–Kier alpha value is -0.560. The van der Waals surface area contributed by atoms with Crippen LogP contribution in [0.3, 0.4) is 0 Å². The Balaban J connectivity index is 1.60. The summed E-state index contributed by atoms with van der Waals surface area (Å²) in [5, 5.41) is 0. The second-order valence-corrected chi connectivity index (χ2v) is 10.3. The van der Waals surface area contributed by atoms with Gasteiger partial charge in [-0.05, 0) is 33.1 Å². The third-order valence-corrected chi connectivity index (χ3v) is 6.07. The number of rotatable bonds is 38. The Morgan fingerprint density at radius 1 is 0.391 bits per heavy atom. The van der Waals surface area contributed by atoms with Gasteiger partial charge in [0, 0.05) is 6.61 Å². The lowest BCUT2D eigenvalue weighted by atomic mass is 10.2. The predicted molar refractivity (Wildman–Crippen MR) is 170 cm³/mol. The second-order valence-electron chi connectivity index (χ2n) is 10.3. The maximum atomic E-state index is 5.61. The molecule has 1 fully saturated rings. The molecule has 1 rings (SSSR count). The summed E-state index contributed by atoms with van der Waals surface area (Å²) >= 11 is 0. The molecule has 0 bridgehead atoms. The van der Waals surface area contributed by atoms with Crippen LogP contribution in [0, 0.1) is 0 Å². The fraction of sp³-hybridized carbons (Fsp3) is 1.00. The molecule has 0 aromatic heterocycles. The SMILES string of the molecule is CC(C)OCCOCCOCCOCCOCCOCCOCCOCCOCCOCCOCCOCCOC1CCCCO1. The maximum Gasteiger partial charge on any atom is 0.157 e. The van der Waals surface area contributed by atoms with Crippen LogP contribution >= 0.6 is 0 Å². The predicted octanol–water partition coefficient (Wildman–Crippen LogP) is 2.14. The minimum Gasteiger partial charge on any atom is -0.377 e. The van der Waals surface area contributed by atoms with Crippen molar-refractivity contribution < 1.29 is 66.3 Å². The van der Waals surface area contributed by atoms with Crippen LogP contribution in [-0.4, -0.2) is 178 Å². The van der Waals surface area contributed by atoms with Crippen molar-refractivity contribution >= 4 is 0 Å². The quantitative estimate of drug-likeness (QED) is 0.0889. The lowest BCUT2D eigenvalue weighted by molar-refractivity contribution is -0.169. The topological polar surface area (TPSA) is 129 Å². The third-order valence-electron chi connectivity index (χ3n) is 6.07. The van der Waals surface area contributed by atoms with Crippen LogP contribution in [0.1, 0.15) is 33.1 Å². The van der Waals surface area contributed by atoms with Gasteiger partial charge in [0.05, 0.1) is 165 Å². The molecule has 0 aliphatic carbocycles. The van der Waals surface area contributed by atoms with Crippen LogP contribution in [0.15, 0.2) is 0 Å². The fourth-order valence-corrected chi connectivity index (χ4v) is 3.73. The van der Waals surface area contributed by atoms with Crippen molar-refractivity contribution in [3.63, 3.8) is 0 Å². The average molecular weight is 673 g/mol. The minimum absolute atomic E-state index is 0.0654. The zero-order chi connectivity index (χ0) is 32.9. The lowest BCUT2D eigenvalue weighted by Crippen LogP contribution is -2.24. The van der Waals surface area contributed by atoms with Crippen LogP contribution in [0.25, 0.3) is 0 Å². The third kappa shape index (κ3) is 34.8. The molecule has 1 aliphatic rings. The first-order valence-corrected chi connectivity index (χ1v) is 17.0. The molecule has 0 N–H and O–H groups in total. The van der Waals surface area contributed by atoms with Crippen molar-refractivity contribution in [2.75, 3.05) is 165 Å². The number of ether oxygens (including phenoxy) is 14. The highest BCUT2D eigenvalue weighted by atomic mass is 16.7. The van der Waals surface area contributed by atoms with E-state index < -0.39 is 0 Å². The van der Waals surface area contributed by atoms with E-state index in [1.54, 1.807) is 0 Å². The van der Waals surface area contributed by atoms with E-state index in [2.05, 4.69) is 0 Å². The molecule has 14 heteroatoms. The van der Waals surface area contributed by atoms with Gasteiger partial charge in [0.25, 0.3) is 0 Å². The van der Waals surface area contributed by atoms with Crippen molar-refractivity contribution in [3.8, 4) is 0 Å². The van der Waals surface area contributed by atoms with E-state index in [4.69, 9.17) is 66.3 Å². The van der Waals surface area contributed by atoms with E-state index in [0.29, 0.717) is 159 Å². The van der Waals surface area contributed by atoms with Gasteiger partial charge in [-0.3, -0.25) is 0 Å². The first-order chi connectivity index (χ1) is 22.8. The van der Waals surface area contributed by atoms with E-state index in [0.717, 1.165) is 19.4 Å². The Morgan fingerprint density at radius 2 is 0.674 bits per heavy atom. The Labute approximate surface area is 277 Å². The average Bonchev–Trinajstić information content (AvgIpc) is 3.06. The van der Waals surface area contributed by atoms with Crippen molar-refractivity contribution in [1.82, 2.24) is 0 Å². The molecule has 46 heavy (non-hydrogen) atoms.